The minimum Gasteiger partial charge on any atom is -0.468 e. The number of carbonyl (C=O) groups is 1. The molecule has 0 bridgehead atoms. The second kappa shape index (κ2) is 9.57. The van der Waals surface area contributed by atoms with Gasteiger partial charge in [-0.1, -0.05) is 32.0 Å². The molecule has 0 radical (unpaired) electrons. The van der Waals surface area contributed by atoms with Crippen LogP contribution in [0.25, 0.3) is 0 Å². The molecule has 1 unspecified atom stereocenters. The van der Waals surface area contributed by atoms with Crippen LogP contribution in [0.2, 0.25) is 0 Å². The highest BCUT2D eigenvalue weighted by atomic mass is 32.2. The predicted octanol–water partition coefficient (Wildman–Crippen LogP) is 1.36. The highest BCUT2D eigenvalue weighted by Crippen LogP contribution is 2.14. The maximum absolute atomic E-state index is 11.6. The van der Waals surface area contributed by atoms with E-state index in [0.717, 1.165) is 18.5 Å². The number of esters is 1. The highest BCUT2D eigenvalue weighted by Gasteiger charge is 2.17. The van der Waals surface area contributed by atoms with Crippen LogP contribution in [0.15, 0.2) is 16.0 Å². The zero-order valence-corrected chi connectivity index (χ0v) is 13.6. The van der Waals surface area contributed by atoms with Crippen molar-refractivity contribution in [2.75, 3.05) is 19.4 Å². The molecule has 0 aliphatic heterocycles. The van der Waals surface area contributed by atoms with E-state index in [1.54, 1.807) is 0 Å². The summed E-state index contributed by atoms with van der Waals surface area (Å²) < 4.78 is 4.75. The second-order valence-electron chi connectivity index (χ2n) is 4.56. The smallest absolute Gasteiger partial charge is 0.322 e. The summed E-state index contributed by atoms with van der Waals surface area (Å²) in [5.41, 5.74) is 0.673. The Hall–Kier alpha value is -1.34. The van der Waals surface area contributed by atoms with Crippen molar-refractivity contribution in [1.29, 1.82) is 0 Å². The second-order valence-corrected chi connectivity index (χ2v) is 5.65. The van der Waals surface area contributed by atoms with Crippen molar-refractivity contribution < 1.29 is 9.53 Å². The molecule has 21 heavy (non-hydrogen) atoms. The average Bonchev–Trinajstić information content (AvgIpc) is 2.45. The molecule has 0 aliphatic carbocycles. The molecule has 0 aliphatic rings. The first-order chi connectivity index (χ1) is 10.1. The molecular formula is C14H23N3O3S. The largest absolute Gasteiger partial charge is 0.468 e. The number of nitrogens with one attached hydrogen (secondary N) is 2. The molecule has 6 nitrogen and oxygen atoms in total. The Balaban J connectivity index is 2.57. The third kappa shape index (κ3) is 6.31. The Kier molecular flexibility index (Phi) is 8.07. The lowest BCUT2D eigenvalue weighted by atomic mass is 10.2. The number of nitrogens with zero attached hydrogens (tertiary/aromatic N) is 1. The van der Waals surface area contributed by atoms with E-state index in [4.69, 9.17) is 4.74 Å². The number of aryl methyl sites for hydroxylation is 1. The normalized spacial score (nSPS) is 12.1. The van der Waals surface area contributed by atoms with Gasteiger partial charge in [0, 0.05) is 17.5 Å². The van der Waals surface area contributed by atoms with E-state index >= 15 is 0 Å². The quantitative estimate of drug-likeness (QED) is 0.407. The molecule has 0 fully saturated rings. The molecule has 7 heteroatoms. The van der Waals surface area contributed by atoms with Crippen LogP contribution in [0.4, 0.5) is 0 Å². The van der Waals surface area contributed by atoms with Crippen molar-refractivity contribution in [2.45, 2.75) is 44.3 Å². The Morgan fingerprint density at radius 1 is 1.52 bits per heavy atom. The van der Waals surface area contributed by atoms with Crippen molar-refractivity contribution in [3.63, 3.8) is 0 Å². The number of aromatic nitrogens is 2. The van der Waals surface area contributed by atoms with Gasteiger partial charge in [0.1, 0.15) is 6.04 Å². The first-order valence-corrected chi connectivity index (χ1v) is 8.13. The van der Waals surface area contributed by atoms with E-state index in [1.165, 1.54) is 24.9 Å². The number of hydrogen-bond acceptors (Lipinski definition) is 6. The van der Waals surface area contributed by atoms with Crippen molar-refractivity contribution in [3.8, 4) is 0 Å². The lowest BCUT2D eigenvalue weighted by Crippen LogP contribution is -2.37. The maximum Gasteiger partial charge on any atom is 0.322 e. The number of carbonyl (C=O) groups excluding carboxylic acids is 1. The topological polar surface area (TPSA) is 84.1 Å². The van der Waals surface area contributed by atoms with E-state index in [9.17, 15) is 9.59 Å². The van der Waals surface area contributed by atoms with Crippen molar-refractivity contribution in [3.05, 3.63) is 22.1 Å². The summed E-state index contributed by atoms with van der Waals surface area (Å²) in [4.78, 5) is 30.2. The summed E-state index contributed by atoms with van der Waals surface area (Å²) in [6.07, 6.45) is 2.36. The monoisotopic (exact) mass is 313 g/mol. The molecule has 0 saturated carbocycles. The summed E-state index contributed by atoms with van der Waals surface area (Å²) >= 11 is 1.44. The van der Waals surface area contributed by atoms with Crippen LogP contribution in [-0.2, 0) is 16.0 Å². The van der Waals surface area contributed by atoms with Gasteiger partial charge in [0.05, 0.1) is 7.11 Å². The number of hydrogen-bond donors (Lipinski definition) is 2. The number of aromatic amines is 1. The van der Waals surface area contributed by atoms with E-state index in [0.29, 0.717) is 23.9 Å². The van der Waals surface area contributed by atoms with E-state index in [2.05, 4.69) is 15.3 Å². The molecule has 0 saturated heterocycles. The van der Waals surface area contributed by atoms with Crippen LogP contribution in [0.3, 0.4) is 0 Å². The fourth-order valence-corrected chi connectivity index (χ4v) is 2.80. The van der Waals surface area contributed by atoms with Gasteiger partial charge in [-0.2, -0.15) is 0 Å². The summed E-state index contributed by atoms with van der Waals surface area (Å²) in [5.74, 6) is 0.407. The SMILES string of the molecule is CCCc1cc(=O)[nH]c(SCCC(NCC)C(=O)OC)n1. The molecule has 1 aromatic rings. The molecular weight excluding hydrogens is 290 g/mol. The van der Waals surface area contributed by atoms with Gasteiger partial charge >= 0.3 is 5.97 Å². The third-order valence-corrected chi connectivity index (χ3v) is 3.77. The number of ether oxygens (including phenoxy) is 1. The van der Waals surface area contributed by atoms with Gasteiger partial charge in [-0.3, -0.25) is 9.59 Å². The van der Waals surface area contributed by atoms with Gasteiger partial charge < -0.3 is 15.0 Å². The van der Waals surface area contributed by atoms with Gasteiger partial charge in [-0.25, -0.2) is 4.98 Å². The first kappa shape index (κ1) is 17.7. The minimum atomic E-state index is -0.321. The number of likely N-dealkylation sites (N-methyl/N-ethyl adjacent to an activating group) is 1. The van der Waals surface area contributed by atoms with Gasteiger partial charge in [-0.15, -0.1) is 0 Å². The summed E-state index contributed by atoms with van der Waals surface area (Å²) in [5, 5.41) is 3.69. The first-order valence-electron chi connectivity index (χ1n) is 7.14. The summed E-state index contributed by atoms with van der Waals surface area (Å²) in [6, 6.07) is 1.21. The van der Waals surface area contributed by atoms with Crippen LogP contribution in [0.5, 0.6) is 0 Å². The Morgan fingerprint density at radius 2 is 2.29 bits per heavy atom. The fraction of sp³-hybridized carbons (Fsp3) is 0.643. The zero-order chi connectivity index (χ0) is 15.7. The zero-order valence-electron chi connectivity index (χ0n) is 12.8. The Morgan fingerprint density at radius 3 is 2.90 bits per heavy atom. The molecule has 1 aromatic heterocycles. The van der Waals surface area contributed by atoms with Crippen LogP contribution in [0, 0.1) is 0 Å². The number of rotatable bonds is 9. The van der Waals surface area contributed by atoms with Gasteiger partial charge in [0.25, 0.3) is 5.56 Å². The fourth-order valence-electron chi connectivity index (χ4n) is 1.90. The van der Waals surface area contributed by atoms with Crippen LogP contribution in [0.1, 0.15) is 32.4 Å². The molecule has 1 rings (SSSR count). The summed E-state index contributed by atoms with van der Waals surface area (Å²) in [7, 11) is 1.38. The molecule has 0 spiro atoms. The predicted molar refractivity (Wildman–Crippen MR) is 83.7 cm³/mol. The molecule has 0 amide bonds. The van der Waals surface area contributed by atoms with Gasteiger partial charge in [0.2, 0.25) is 0 Å². The Labute approximate surface area is 129 Å². The van der Waals surface area contributed by atoms with Crippen LogP contribution < -0.4 is 10.9 Å². The van der Waals surface area contributed by atoms with Gasteiger partial charge in [-0.05, 0) is 19.4 Å². The highest BCUT2D eigenvalue weighted by molar-refractivity contribution is 7.99. The van der Waals surface area contributed by atoms with E-state index in [-0.39, 0.29) is 17.6 Å². The maximum atomic E-state index is 11.6. The van der Waals surface area contributed by atoms with Crippen molar-refractivity contribution in [2.24, 2.45) is 0 Å². The average molecular weight is 313 g/mol. The molecule has 1 atom stereocenters. The molecule has 2 N–H and O–H groups in total. The van der Waals surface area contributed by atoms with Crippen LogP contribution in [-0.4, -0.2) is 41.4 Å². The Bertz CT molecular complexity index is 504. The third-order valence-electron chi connectivity index (χ3n) is 2.86. The molecule has 0 aromatic carbocycles. The van der Waals surface area contributed by atoms with E-state index in [1.807, 2.05) is 13.8 Å². The number of H-pyrrole nitrogens is 1. The van der Waals surface area contributed by atoms with E-state index < -0.39 is 0 Å². The lowest BCUT2D eigenvalue weighted by Gasteiger charge is -2.14. The summed E-state index contributed by atoms with van der Waals surface area (Å²) in [6.45, 7) is 4.69. The lowest BCUT2D eigenvalue weighted by molar-refractivity contribution is -0.143. The number of methoxy groups -OCH3 is 1. The minimum absolute atomic E-state index is 0.132. The van der Waals surface area contributed by atoms with Crippen molar-refractivity contribution >= 4 is 17.7 Å². The van der Waals surface area contributed by atoms with Crippen LogP contribution >= 0.6 is 11.8 Å². The molecule has 118 valence electrons. The standard InChI is InChI=1S/C14H23N3O3S/c1-4-6-10-9-12(18)17-14(16-10)21-8-7-11(15-5-2)13(19)20-3/h9,11,15H,4-8H2,1-3H3,(H,16,17,18). The number of thioether (sulfide) groups is 1. The van der Waals surface area contributed by atoms with Gasteiger partial charge in [0.15, 0.2) is 5.16 Å². The molecule has 1 heterocycles. The van der Waals surface area contributed by atoms with Crippen molar-refractivity contribution in [1.82, 2.24) is 15.3 Å².